The molecule has 0 spiro atoms. The summed E-state index contributed by atoms with van der Waals surface area (Å²) < 4.78 is 5.93. The first kappa shape index (κ1) is 12.5. The van der Waals surface area contributed by atoms with Gasteiger partial charge in [-0.1, -0.05) is 27.7 Å². The van der Waals surface area contributed by atoms with Crippen LogP contribution in [0, 0.1) is 0 Å². The Labute approximate surface area is 111 Å². The number of carboxylic acid groups (broad SMARTS) is 1. The highest BCUT2D eigenvalue weighted by atomic mass is 79.9. The standard InChI is InChI=1S/C12H9BrN2O3/c1-7(12(16)17)6-10-14-11(15-18-10)8-2-4-9(13)5-3-8/h2-5H,1,6H2,(H,16,17). The van der Waals surface area contributed by atoms with E-state index >= 15 is 0 Å². The number of carbonyl (C=O) groups is 1. The van der Waals surface area contributed by atoms with Crippen molar-refractivity contribution in [3.8, 4) is 11.4 Å². The molecule has 0 bridgehead atoms. The second-order valence-electron chi connectivity index (χ2n) is 3.60. The Balaban J connectivity index is 2.18. The van der Waals surface area contributed by atoms with Gasteiger partial charge >= 0.3 is 5.97 Å². The second kappa shape index (κ2) is 5.14. The van der Waals surface area contributed by atoms with Crippen molar-refractivity contribution in [2.75, 3.05) is 0 Å². The lowest BCUT2D eigenvalue weighted by molar-refractivity contribution is -0.132. The predicted molar refractivity (Wildman–Crippen MR) is 67.9 cm³/mol. The molecule has 0 radical (unpaired) electrons. The molecule has 0 aliphatic heterocycles. The third-order valence-corrected chi connectivity index (χ3v) is 2.77. The van der Waals surface area contributed by atoms with E-state index in [1.54, 1.807) is 0 Å². The van der Waals surface area contributed by atoms with E-state index in [9.17, 15) is 4.79 Å². The first-order valence-corrected chi connectivity index (χ1v) is 5.85. The van der Waals surface area contributed by atoms with Crippen molar-refractivity contribution in [2.45, 2.75) is 6.42 Å². The van der Waals surface area contributed by atoms with Crippen LogP contribution in [-0.2, 0) is 11.2 Å². The smallest absolute Gasteiger partial charge is 0.331 e. The minimum atomic E-state index is -1.07. The van der Waals surface area contributed by atoms with Gasteiger partial charge < -0.3 is 9.63 Å². The third kappa shape index (κ3) is 2.84. The Morgan fingerprint density at radius 2 is 2.06 bits per heavy atom. The van der Waals surface area contributed by atoms with Crippen LogP contribution < -0.4 is 0 Å². The number of aromatic nitrogens is 2. The van der Waals surface area contributed by atoms with Crippen LogP contribution in [0.4, 0.5) is 0 Å². The third-order valence-electron chi connectivity index (χ3n) is 2.24. The Morgan fingerprint density at radius 3 is 2.67 bits per heavy atom. The van der Waals surface area contributed by atoms with Gasteiger partial charge in [-0.15, -0.1) is 0 Å². The van der Waals surface area contributed by atoms with Gasteiger partial charge in [-0.2, -0.15) is 4.98 Å². The Kier molecular flexibility index (Phi) is 3.57. The lowest BCUT2D eigenvalue weighted by atomic mass is 10.2. The second-order valence-corrected chi connectivity index (χ2v) is 4.52. The van der Waals surface area contributed by atoms with Crippen LogP contribution >= 0.6 is 15.9 Å². The number of halogens is 1. The number of hydrogen-bond donors (Lipinski definition) is 1. The van der Waals surface area contributed by atoms with E-state index in [1.165, 1.54) is 0 Å². The van der Waals surface area contributed by atoms with Gasteiger partial charge in [-0.3, -0.25) is 0 Å². The molecular formula is C12H9BrN2O3. The van der Waals surface area contributed by atoms with Crippen LogP contribution in [0.5, 0.6) is 0 Å². The van der Waals surface area contributed by atoms with Crippen molar-refractivity contribution in [2.24, 2.45) is 0 Å². The number of hydrogen-bond acceptors (Lipinski definition) is 4. The summed E-state index contributed by atoms with van der Waals surface area (Å²) >= 11 is 3.33. The van der Waals surface area contributed by atoms with E-state index < -0.39 is 5.97 Å². The SMILES string of the molecule is C=C(Cc1nc(-c2ccc(Br)cc2)no1)C(=O)O. The molecule has 1 aromatic heterocycles. The molecule has 1 heterocycles. The highest BCUT2D eigenvalue weighted by Crippen LogP contribution is 2.19. The summed E-state index contributed by atoms with van der Waals surface area (Å²) in [5.74, 6) is -0.408. The quantitative estimate of drug-likeness (QED) is 0.879. The Morgan fingerprint density at radius 1 is 1.39 bits per heavy atom. The van der Waals surface area contributed by atoms with Gasteiger partial charge in [0.15, 0.2) is 0 Å². The summed E-state index contributed by atoms with van der Waals surface area (Å²) in [7, 11) is 0. The van der Waals surface area contributed by atoms with E-state index in [2.05, 4.69) is 32.6 Å². The average Bonchev–Trinajstić information content (AvgIpc) is 2.78. The summed E-state index contributed by atoms with van der Waals surface area (Å²) in [4.78, 5) is 14.7. The zero-order valence-electron chi connectivity index (χ0n) is 9.26. The van der Waals surface area contributed by atoms with Crippen LogP contribution in [-0.4, -0.2) is 21.2 Å². The average molecular weight is 309 g/mol. The van der Waals surface area contributed by atoms with Crippen molar-refractivity contribution < 1.29 is 14.4 Å². The fourth-order valence-corrected chi connectivity index (χ4v) is 1.57. The highest BCUT2D eigenvalue weighted by Gasteiger charge is 2.12. The van der Waals surface area contributed by atoms with E-state index in [4.69, 9.17) is 9.63 Å². The Bertz CT molecular complexity index is 590. The number of benzene rings is 1. The molecule has 5 nitrogen and oxygen atoms in total. The molecule has 0 unspecified atom stereocenters. The maximum Gasteiger partial charge on any atom is 0.331 e. The predicted octanol–water partition coefficient (Wildman–Crippen LogP) is 2.68. The lowest BCUT2D eigenvalue weighted by Crippen LogP contribution is -2.02. The summed E-state index contributed by atoms with van der Waals surface area (Å²) in [5.41, 5.74) is 0.815. The van der Waals surface area contributed by atoms with Crippen molar-refractivity contribution in [1.29, 1.82) is 0 Å². The Hall–Kier alpha value is -1.95. The van der Waals surface area contributed by atoms with Crippen LogP contribution in [0.1, 0.15) is 5.89 Å². The molecule has 0 aliphatic rings. The topological polar surface area (TPSA) is 76.2 Å². The van der Waals surface area contributed by atoms with E-state index in [1.807, 2.05) is 24.3 Å². The highest BCUT2D eigenvalue weighted by molar-refractivity contribution is 9.10. The molecule has 0 atom stereocenters. The van der Waals surface area contributed by atoms with Gasteiger partial charge in [-0.25, -0.2) is 4.79 Å². The molecule has 92 valence electrons. The number of rotatable bonds is 4. The van der Waals surface area contributed by atoms with Crippen molar-refractivity contribution in [1.82, 2.24) is 10.1 Å². The summed E-state index contributed by atoms with van der Waals surface area (Å²) in [6.45, 7) is 3.41. The molecule has 18 heavy (non-hydrogen) atoms. The minimum absolute atomic E-state index is 0.0148. The summed E-state index contributed by atoms with van der Waals surface area (Å²) in [6, 6.07) is 7.40. The zero-order valence-corrected chi connectivity index (χ0v) is 10.8. The molecule has 0 aliphatic carbocycles. The molecule has 1 aromatic carbocycles. The summed E-state index contributed by atoms with van der Waals surface area (Å²) in [6.07, 6.45) is 0.0405. The first-order valence-electron chi connectivity index (χ1n) is 5.06. The lowest BCUT2D eigenvalue weighted by Gasteiger charge is -1.94. The molecule has 2 rings (SSSR count). The normalized spacial score (nSPS) is 10.3. The van der Waals surface area contributed by atoms with Gasteiger partial charge in [0.1, 0.15) is 0 Å². The molecular weight excluding hydrogens is 300 g/mol. The van der Waals surface area contributed by atoms with Crippen LogP contribution in [0.3, 0.4) is 0 Å². The molecule has 0 amide bonds. The maximum absolute atomic E-state index is 10.6. The van der Waals surface area contributed by atoms with Crippen LogP contribution in [0.2, 0.25) is 0 Å². The van der Waals surface area contributed by atoms with Gasteiger partial charge in [-0.05, 0) is 24.3 Å². The zero-order chi connectivity index (χ0) is 13.1. The fraction of sp³-hybridized carbons (Fsp3) is 0.0833. The molecule has 1 N–H and O–H groups in total. The molecule has 0 saturated carbocycles. The molecule has 6 heteroatoms. The largest absolute Gasteiger partial charge is 0.478 e. The number of nitrogens with zero attached hydrogens (tertiary/aromatic N) is 2. The van der Waals surface area contributed by atoms with Gasteiger partial charge in [0, 0.05) is 15.6 Å². The van der Waals surface area contributed by atoms with Crippen LogP contribution in [0.15, 0.2) is 45.4 Å². The fourth-order valence-electron chi connectivity index (χ4n) is 1.30. The monoisotopic (exact) mass is 308 g/mol. The van der Waals surface area contributed by atoms with Crippen molar-refractivity contribution in [3.63, 3.8) is 0 Å². The van der Waals surface area contributed by atoms with Gasteiger partial charge in [0.25, 0.3) is 0 Å². The van der Waals surface area contributed by atoms with Gasteiger partial charge in [0.05, 0.1) is 6.42 Å². The van der Waals surface area contributed by atoms with Crippen molar-refractivity contribution >= 4 is 21.9 Å². The maximum atomic E-state index is 10.6. The summed E-state index contributed by atoms with van der Waals surface area (Å²) in [5, 5.41) is 12.5. The van der Waals surface area contributed by atoms with E-state index in [0.29, 0.717) is 5.82 Å². The first-order chi connectivity index (χ1) is 8.56. The van der Waals surface area contributed by atoms with Crippen LogP contribution in [0.25, 0.3) is 11.4 Å². The van der Waals surface area contributed by atoms with E-state index in [0.717, 1.165) is 10.0 Å². The number of carboxylic acids is 1. The molecule has 0 saturated heterocycles. The minimum Gasteiger partial charge on any atom is -0.478 e. The molecule has 2 aromatic rings. The van der Waals surface area contributed by atoms with Gasteiger partial charge in [0.2, 0.25) is 11.7 Å². The number of aliphatic carboxylic acids is 1. The van der Waals surface area contributed by atoms with Crippen molar-refractivity contribution in [3.05, 3.63) is 46.8 Å². The molecule has 0 fully saturated rings. The van der Waals surface area contributed by atoms with E-state index in [-0.39, 0.29) is 17.9 Å².